The van der Waals surface area contributed by atoms with Crippen LogP contribution in [0.3, 0.4) is 0 Å². The van der Waals surface area contributed by atoms with Crippen molar-refractivity contribution in [2.75, 3.05) is 55.5 Å². The Bertz CT molecular complexity index is 403. The lowest BCUT2D eigenvalue weighted by Crippen LogP contribution is -2.14. The average Bonchev–Trinajstić information content (AvgIpc) is 2.47. The quantitative estimate of drug-likeness (QED) is 0.663. The van der Waals surface area contributed by atoms with Crippen LogP contribution in [0.2, 0.25) is 0 Å². The van der Waals surface area contributed by atoms with Gasteiger partial charge in [0.25, 0.3) is 0 Å². The highest BCUT2D eigenvalue weighted by Gasteiger charge is 2.11. The molecule has 0 N–H and O–H groups in total. The van der Waals surface area contributed by atoms with Crippen LogP contribution in [0.5, 0.6) is 11.5 Å². The van der Waals surface area contributed by atoms with Gasteiger partial charge in [-0.1, -0.05) is 0 Å². The van der Waals surface area contributed by atoms with E-state index in [0.717, 1.165) is 50.3 Å². The minimum atomic E-state index is 0.986. The fraction of sp³-hybridized carbons (Fsp3) is 0.667. The number of ether oxygens (including phenoxy) is 2. The molecule has 1 aromatic carbocycles. The first-order valence-electron chi connectivity index (χ1n) is 8.01. The van der Waals surface area contributed by atoms with Gasteiger partial charge in [0.1, 0.15) is 11.5 Å². The van der Waals surface area contributed by atoms with Gasteiger partial charge in [-0.15, -0.1) is 0 Å². The molecule has 0 unspecified atom stereocenters. The van der Waals surface area contributed by atoms with Gasteiger partial charge in [-0.2, -0.15) is 0 Å². The average molecular weight is 308 g/mol. The molecule has 0 aliphatic heterocycles. The zero-order chi connectivity index (χ0) is 16.5. The lowest BCUT2D eigenvalue weighted by molar-refractivity contribution is 0.380. The van der Waals surface area contributed by atoms with Gasteiger partial charge in [-0.05, 0) is 90.2 Å². The molecule has 0 spiro atoms. The first-order chi connectivity index (χ1) is 10.5. The Morgan fingerprint density at radius 2 is 1.09 bits per heavy atom. The summed E-state index contributed by atoms with van der Waals surface area (Å²) in [4.78, 5) is 4.42. The van der Waals surface area contributed by atoms with Crippen molar-refractivity contribution in [3.05, 3.63) is 23.3 Å². The molecule has 0 atom stereocenters. The third-order valence-electron chi connectivity index (χ3n) is 3.79. The molecule has 0 amide bonds. The molecule has 0 bridgehead atoms. The number of nitrogens with zero attached hydrogens (tertiary/aromatic N) is 2. The highest BCUT2D eigenvalue weighted by Crippen LogP contribution is 2.30. The van der Waals surface area contributed by atoms with Crippen LogP contribution < -0.4 is 9.47 Å². The molecule has 0 saturated heterocycles. The lowest BCUT2D eigenvalue weighted by Gasteiger charge is -2.16. The summed E-state index contributed by atoms with van der Waals surface area (Å²) in [5.41, 5.74) is 2.47. The van der Waals surface area contributed by atoms with Gasteiger partial charge in [-0.3, -0.25) is 0 Å². The Labute approximate surface area is 136 Å². The number of aryl methyl sites for hydroxylation is 2. The Hall–Kier alpha value is -1.26. The molecule has 0 aromatic heterocycles. The van der Waals surface area contributed by atoms with Gasteiger partial charge in [0, 0.05) is 0 Å². The van der Waals surface area contributed by atoms with E-state index in [0.29, 0.717) is 0 Å². The smallest absolute Gasteiger partial charge is 0.122 e. The molecule has 1 rings (SSSR count). The van der Waals surface area contributed by atoms with Gasteiger partial charge in [0.2, 0.25) is 0 Å². The van der Waals surface area contributed by atoms with Crippen molar-refractivity contribution < 1.29 is 9.47 Å². The Morgan fingerprint density at radius 1 is 0.727 bits per heavy atom. The molecular weight excluding hydrogens is 276 g/mol. The van der Waals surface area contributed by atoms with Crippen molar-refractivity contribution in [2.45, 2.75) is 25.7 Å². The monoisotopic (exact) mass is 308 g/mol. The fourth-order valence-electron chi connectivity index (χ4n) is 2.59. The lowest BCUT2D eigenvalue weighted by atomic mass is 10.0. The summed E-state index contributed by atoms with van der Waals surface area (Å²) in [5, 5.41) is 0. The highest BCUT2D eigenvalue weighted by atomic mass is 16.5. The maximum Gasteiger partial charge on any atom is 0.122 e. The van der Waals surface area contributed by atoms with Crippen molar-refractivity contribution in [1.29, 1.82) is 0 Å². The van der Waals surface area contributed by atoms with Crippen molar-refractivity contribution >= 4 is 0 Å². The van der Waals surface area contributed by atoms with Crippen LogP contribution in [-0.2, 0) is 12.8 Å². The van der Waals surface area contributed by atoms with E-state index in [1.165, 1.54) is 11.1 Å². The minimum Gasteiger partial charge on any atom is -0.496 e. The summed E-state index contributed by atoms with van der Waals surface area (Å²) in [6.45, 7) is 2.16. The largest absolute Gasteiger partial charge is 0.496 e. The van der Waals surface area contributed by atoms with E-state index in [9.17, 15) is 0 Å². The summed E-state index contributed by atoms with van der Waals surface area (Å²) < 4.78 is 11.2. The maximum absolute atomic E-state index is 5.59. The SMILES string of the molecule is COc1cc(CCCN(C)C)c(OC)cc1CCCN(C)C. The van der Waals surface area contributed by atoms with Crippen molar-refractivity contribution in [3.63, 3.8) is 0 Å². The van der Waals surface area contributed by atoms with E-state index >= 15 is 0 Å². The first kappa shape index (κ1) is 18.8. The zero-order valence-corrected chi connectivity index (χ0v) is 15.1. The molecule has 1 aromatic rings. The summed E-state index contributed by atoms with van der Waals surface area (Å²) >= 11 is 0. The van der Waals surface area contributed by atoms with Crippen LogP contribution in [0.25, 0.3) is 0 Å². The van der Waals surface area contributed by atoms with Crippen LogP contribution in [0.4, 0.5) is 0 Å². The summed E-state index contributed by atoms with van der Waals surface area (Å²) in [7, 11) is 11.9. The van der Waals surface area contributed by atoms with Gasteiger partial charge in [0.15, 0.2) is 0 Å². The molecule has 22 heavy (non-hydrogen) atoms. The van der Waals surface area contributed by atoms with Crippen LogP contribution >= 0.6 is 0 Å². The maximum atomic E-state index is 5.59. The second-order valence-electron chi connectivity index (χ2n) is 6.29. The number of hydrogen-bond acceptors (Lipinski definition) is 4. The highest BCUT2D eigenvalue weighted by molar-refractivity contribution is 5.46. The predicted molar refractivity (Wildman–Crippen MR) is 93.3 cm³/mol. The number of benzene rings is 1. The Kier molecular flexibility index (Phi) is 8.28. The molecule has 0 aliphatic carbocycles. The molecule has 4 heteroatoms. The molecule has 0 heterocycles. The normalized spacial score (nSPS) is 11.3. The topological polar surface area (TPSA) is 24.9 Å². The molecule has 0 radical (unpaired) electrons. The van der Waals surface area contributed by atoms with E-state index in [-0.39, 0.29) is 0 Å². The minimum absolute atomic E-state index is 0.986. The predicted octanol–water partition coefficient (Wildman–Crippen LogP) is 2.69. The molecule has 0 fully saturated rings. The Morgan fingerprint density at radius 3 is 1.36 bits per heavy atom. The fourth-order valence-corrected chi connectivity index (χ4v) is 2.59. The van der Waals surface area contributed by atoms with E-state index in [1.54, 1.807) is 14.2 Å². The van der Waals surface area contributed by atoms with Crippen molar-refractivity contribution in [1.82, 2.24) is 9.80 Å². The molecule has 0 aliphatic rings. The number of hydrogen-bond donors (Lipinski definition) is 0. The molecule has 4 nitrogen and oxygen atoms in total. The Balaban J connectivity index is 2.82. The van der Waals surface area contributed by atoms with Gasteiger partial charge in [0.05, 0.1) is 14.2 Å². The molecule has 0 saturated carbocycles. The molecule has 126 valence electrons. The number of methoxy groups -OCH3 is 2. The second kappa shape index (κ2) is 9.70. The van der Waals surface area contributed by atoms with Crippen molar-refractivity contribution in [2.24, 2.45) is 0 Å². The summed E-state index contributed by atoms with van der Waals surface area (Å²) in [5.74, 6) is 1.97. The first-order valence-corrected chi connectivity index (χ1v) is 8.01. The van der Waals surface area contributed by atoms with E-state index < -0.39 is 0 Å². The number of rotatable bonds is 10. The summed E-state index contributed by atoms with van der Waals surface area (Å²) in [6, 6.07) is 4.30. The van der Waals surface area contributed by atoms with E-state index in [2.05, 4.69) is 50.1 Å². The van der Waals surface area contributed by atoms with E-state index in [4.69, 9.17) is 9.47 Å². The molecular formula is C18H32N2O2. The second-order valence-corrected chi connectivity index (χ2v) is 6.29. The van der Waals surface area contributed by atoms with E-state index in [1.807, 2.05) is 0 Å². The van der Waals surface area contributed by atoms with Crippen LogP contribution in [0, 0.1) is 0 Å². The van der Waals surface area contributed by atoms with Crippen LogP contribution in [0.1, 0.15) is 24.0 Å². The van der Waals surface area contributed by atoms with Gasteiger partial charge >= 0.3 is 0 Å². The van der Waals surface area contributed by atoms with Crippen molar-refractivity contribution in [3.8, 4) is 11.5 Å². The van der Waals surface area contributed by atoms with Crippen LogP contribution in [0.15, 0.2) is 12.1 Å². The van der Waals surface area contributed by atoms with Gasteiger partial charge in [-0.25, -0.2) is 0 Å². The third-order valence-corrected chi connectivity index (χ3v) is 3.79. The van der Waals surface area contributed by atoms with Gasteiger partial charge < -0.3 is 19.3 Å². The zero-order valence-electron chi connectivity index (χ0n) is 15.1. The standard InChI is InChI=1S/C18H32N2O2/c1-19(2)11-7-9-15-13-18(22-6)16(14-17(15)21-5)10-8-12-20(3)4/h13-14H,7-12H2,1-6H3. The van der Waals surface area contributed by atoms with Crippen LogP contribution in [-0.4, -0.2) is 65.3 Å². The third kappa shape index (κ3) is 6.24. The summed E-state index contributed by atoms with van der Waals surface area (Å²) in [6.07, 6.45) is 4.25.